The van der Waals surface area contributed by atoms with Gasteiger partial charge in [-0.15, -0.1) is 0 Å². The van der Waals surface area contributed by atoms with Crippen molar-refractivity contribution in [3.8, 4) is 0 Å². The monoisotopic (exact) mass is 163 g/mol. The zero-order valence-corrected chi connectivity index (χ0v) is 7.80. The topological polar surface area (TPSA) is 46.0 Å². The maximum Gasteiger partial charge on any atom is 0.106 e. The summed E-state index contributed by atoms with van der Waals surface area (Å²) >= 11 is 0. The van der Waals surface area contributed by atoms with E-state index in [4.69, 9.17) is 4.89 Å². The van der Waals surface area contributed by atoms with Gasteiger partial charge in [0.1, 0.15) is 5.60 Å². The average Bonchev–Trinajstić information content (AvgIpc) is 1.84. The summed E-state index contributed by atoms with van der Waals surface area (Å²) in [5, 5.41) is 9.95. The molecule has 0 radical (unpaired) electrons. The van der Waals surface area contributed by atoms with Crippen LogP contribution in [0.15, 0.2) is 0 Å². The molecule has 1 atom stereocenters. The number of quaternary nitrogens is 1. The lowest BCUT2D eigenvalue weighted by atomic mass is 9.95. The molecule has 0 aromatic carbocycles. The van der Waals surface area contributed by atoms with Gasteiger partial charge in [0.2, 0.25) is 0 Å². The highest BCUT2D eigenvalue weighted by atomic mass is 17.3. The van der Waals surface area contributed by atoms with Gasteiger partial charge < -0.3 is 5.21 Å². The maximum absolute atomic E-state index is 10.4. The first-order valence-electron chi connectivity index (χ1n) is 3.72. The van der Waals surface area contributed by atoms with Crippen molar-refractivity contribution in [1.29, 1.82) is 0 Å². The molecule has 0 fully saturated rings. The molecule has 0 heterocycles. The predicted molar refractivity (Wildman–Crippen MR) is 41.3 cm³/mol. The van der Waals surface area contributed by atoms with Gasteiger partial charge in [-0.3, -0.25) is 0 Å². The van der Waals surface area contributed by atoms with Gasteiger partial charge in [-0.05, 0) is 24.8 Å². The van der Waals surface area contributed by atoms with Crippen LogP contribution in [0.2, 0.25) is 0 Å². The van der Waals surface area contributed by atoms with E-state index in [0.29, 0.717) is 5.92 Å². The molecule has 11 heavy (non-hydrogen) atoms. The molecule has 0 aliphatic carbocycles. The fourth-order valence-electron chi connectivity index (χ4n) is 0.262. The number of hydrogen-bond acceptors (Lipinski definition) is 3. The third-order valence-electron chi connectivity index (χ3n) is 1.76. The molecule has 0 amide bonds. The lowest BCUT2D eigenvalue weighted by Crippen LogP contribution is -3.02. The lowest BCUT2D eigenvalue weighted by molar-refractivity contribution is -1.09. The minimum Gasteiger partial charge on any atom is -0.598 e. The molecular weight excluding hydrogens is 146 g/mol. The summed E-state index contributed by atoms with van der Waals surface area (Å²) in [5.41, 5.74) is -0.411. The molecule has 1 N–H and O–H groups in total. The molecule has 68 valence electrons. The third-order valence-corrected chi connectivity index (χ3v) is 1.76. The molecule has 0 aromatic heterocycles. The van der Waals surface area contributed by atoms with Crippen molar-refractivity contribution in [3.05, 3.63) is 5.21 Å². The molecule has 0 saturated heterocycles. The summed E-state index contributed by atoms with van der Waals surface area (Å²) in [5.74, 6) is 0.307. The second-order valence-corrected chi connectivity index (χ2v) is 3.42. The Morgan fingerprint density at radius 1 is 1.36 bits per heavy atom. The van der Waals surface area contributed by atoms with Crippen molar-refractivity contribution in [1.82, 2.24) is 0 Å². The molecule has 0 aromatic rings. The Morgan fingerprint density at radius 3 is 2.09 bits per heavy atom. The van der Waals surface area contributed by atoms with Crippen LogP contribution in [-0.4, -0.2) is 12.6 Å². The standard InChI is InChI=1S/C7H17NO3/c1-6(2)7(3,4)10-11-8(5)9/h6,8H,1-5H3. The van der Waals surface area contributed by atoms with Crippen LogP contribution in [0.4, 0.5) is 0 Å². The molecule has 0 bridgehead atoms. The molecule has 1 unspecified atom stereocenters. The largest absolute Gasteiger partial charge is 0.598 e. The molecule has 0 spiro atoms. The van der Waals surface area contributed by atoms with Crippen LogP contribution >= 0.6 is 0 Å². The minimum atomic E-state index is -0.418. The Hall–Kier alpha value is -0.160. The van der Waals surface area contributed by atoms with E-state index in [1.807, 2.05) is 27.7 Å². The Kier molecular flexibility index (Phi) is 3.96. The van der Waals surface area contributed by atoms with E-state index in [2.05, 4.69) is 4.99 Å². The summed E-state index contributed by atoms with van der Waals surface area (Å²) in [4.78, 5) is 9.33. The Balaban J connectivity index is 3.73. The SMILES string of the molecule is CC(C)C(C)(C)OO[NH+](C)[O-]. The smallest absolute Gasteiger partial charge is 0.106 e. The van der Waals surface area contributed by atoms with Gasteiger partial charge in [0.05, 0.1) is 7.05 Å². The number of rotatable bonds is 4. The Bertz CT molecular complexity index is 112. The number of hydroxylamine groups is 2. The summed E-state index contributed by atoms with van der Waals surface area (Å²) in [6, 6.07) is 0. The molecule has 0 rings (SSSR count). The summed E-state index contributed by atoms with van der Waals surface area (Å²) in [7, 11) is 1.32. The maximum atomic E-state index is 10.4. The van der Waals surface area contributed by atoms with Crippen LogP contribution in [0, 0.1) is 11.1 Å². The van der Waals surface area contributed by atoms with Crippen molar-refractivity contribution in [2.45, 2.75) is 33.3 Å². The van der Waals surface area contributed by atoms with E-state index in [1.165, 1.54) is 7.05 Å². The first kappa shape index (κ1) is 10.8. The van der Waals surface area contributed by atoms with Crippen LogP contribution in [0.5, 0.6) is 0 Å². The van der Waals surface area contributed by atoms with Crippen molar-refractivity contribution >= 4 is 0 Å². The van der Waals surface area contributed by atoms with Gasteiger partial charge in [-0.1, -0.05) is 13.8 Å². The average molecular weight is 163 g/mol. The van der Waals surface area contributed by atoms with Crippen LogP contribution in [0.25, 0.3) is 0 Å². The van der Waals surface area contributed by atoms with Crippen molar-refractivity contribution < 1.29 is 15.1 Å². The van der Waals surface area contributed by atoms with Crippen LogP contribution in [0.3, 0.4) is 0 Å². The van der Waals surface area contributed by atoms with Crippen molar-refractivity contribution in [2.24, 2.45) is 5.92 Å². The fraction of sp³-hybridized carbons (Fsp3) is 1.00. The van der Waals surface area contributed by atoms with E-state index in [1.54, 1.807) is 0 Å². The first-order chi connectivity index (χ1) is 4.86. The molecular formula is C7H17NO3. The van der Waals surface area contributed by atoms with Gasteiger partial charge in [-0.25, -0.2) is 0 Å². The Morgan fingerprint density at radius 2 is 1.82 bits per heavy atom. The quantitative estimate of drug-likeness (QED) is 0.479. The van der Waals surface area contributed by atoms with Crippen molar-refractivity contribution in [2.75, 3.05) is 7.05 Å². The number of hydrogen-bond donors (Lipinski definition) is 1. The second kappa shape index (κ2) is 4.01. The van der Waals surface area contributed by atoms with Crippen molar-refractivity contribution in [3.63, 3.8) is 0 Å². The van der Waals surface area contributed by atoms with E-state index in [9.17, 15) is 5.21 Å². The molecule has 0 aliphatic rings. The third kappa shape index (κ3) is 4.31. The zero-order chi connectivity index (χ0) is 9.07. The minimum absolute atomic E-state index is 0.307. The molecule has 0 aliphatic heterocycles. The van der Waals surface area contributed by atoms with Gasteiger partial charge in [0, 0.05) is 0 Å². The van der Waals surface area contributed by atoms with Crippen LogP contribution < -0.4 is 5.23 Å². The summed E-state index contributed by atoms with van der Waals surface area (Å²) < 4.78 is 0. The molecule has 0 saturated carbocycles. The highest BCUT2D eigenvalue weighted by Crippen LogP contribution is 2.19. The van der Waals surface area contributed by atoms with Gasteiger partial charge >= 0.3 is 0 Å². The molecule has 4 nitrogen and oxygen atoms in total. The van der Waals surface area contributed by atoms with E-state index in [-0.39, 0.29) is 0 Å². The lowest BCUT2D eigenvalue weighted by Gasteiger charge is -2.27. The normalized spacial score (nSPS) is 15.5. The van der Waals surface area contributed by atoms with Gasteiger partial charge in [-0.2, -0.15) is 10.1 Å². The van der Waals surface area contributed by atoms with Crippen LogP contribution in [0.1, 0.15) is 27.7 Å². The van der Waals surface area contributed by atoms with Gasteiger partial charge in [0.25, 0.3) is 0 Å². The van der Waals surface area contributed by atoms with Gasteiger partial charge in [0.15, 0.2) is 0 Å². The predicted octanol–water partition coefficient (Wildman–Crippen LogP) is 0.297. The molecule has 4 heteroatoms. The summed E-state index contributed by atoms with van der Waals surface area (Å²) in [6.07, 6.45) is 0. The van der Waals surface area contributed by atoms with E-state index in [0.717, 1.165) is 0 Å². The first-order valence-corrected chi connectivity index (χ1v) is 3.72. The second-order valence-electron chi connectivity index (χ2n) is 3.42. The van der Waals surface area contributed by atoms with E-state index >= 15 is 0 Å². The number of nitrogens with one attached hydrogen (secondary N) is 1. The summed E-state index contributed by atoms with van der Waals surface area (Å²) in [6.45, 7) is 7.76. The fourth-order valence-corrected chi connectivity index (χ4v) is 0.262. The Labute approximate surface area is 67.5 Å². The highest BCUT2D eigenvalue weighted by Gasteiger charge is 2.25. The highest BCUT2D eigenvalue weighted by molar-refractivity contribution is 4.69. The zero-order valence-electron chi connectivity index (χ0n) is 7.80. The van der Waals surface area contributed by atoms with E-state index < -0.39 is 10.8 Å². The van der Waals surface area contributed by atoms with Crippen LogP contribution in [-0.2, 0) is 9.88 Å².